The zero-order chi connectivity index (χ0) is 13.5. The zero-order valence-corrected chi connectivity index (χ0v) is 11.0. The molecule has 0 aromatic heterocycles. The first-order valence-electron chi connectivity index (χ1n) is 6.27. The molecule has 6 nitrogen and oxygen atoms in total. The van der Waals surface area contributed by atoms with Gasteiger partial charge in [-0.1, -0.05) is 12.1 Å². The van der Waals surface area contributed by atoms with Gasteiger partial charge in [-0.15, -0.1) is 0 Å². The zero-order valence-electron chi connectivity index (χ0n) is 11.0. The number of benzene rings is 1. The van der Waals surface area contributed by atoms with E-state index in [1.54, 1.807) is 0 Å². The Kier molecular flexibility index (Phi) is 5.00. The minimum Gasteiger partial charge on any atom is -0.378 e. The van der Waals surface area contributed by atoms with E-state index in [0.717, 1.165) is 24.5 Å². The van der Waals surface area contributed by atoms with Crippen LogP contribution < -0.4 is 15.5 Å². The van der Waals surface area contributed by atoms with E-state index in [-0.39, 0.29) is 12.8 Å². The predicted molar refractivity (Wildman–Crippen MR) is 73.5 cm³/mol. The van der Waals surface area contributed by atoms with Crippen LogP contribution in [0.15, 0.2) is 24.3 Å². The van der Waals surface area contributed by atoms with Crippen molar-refractivity contribution < 1.29 is 14.3 Å². The molecule has 0 radical (unpaired) electrons. The van der Waals surface area contributed by atoms with E-state index in [4.69, 9.17) is 9.47 Å². The van der Waals surface area contributed by atoms with Crippen molar-refractivity contribution >= 4 is 17.4 Å². The van der Waals surface area contributed by atoms with Crippen molar-refractivity contribution in [2.45, 2.75) is 0 Å². The molecule has 0 unspecified atom stereocenters. The van der Waals surface area contributed by atoms with Crippen LogP contribution in [0, 0.1) is 0 Å². The molecule has 0 spiro atoms. The Morgan fingerprint density at radius 3 is 2.84 bits per heavy atom. The number of carbonyl (C=O) groups excluding carboxylic acids is 1. The van der Waals surface area contributed by atoms with Crippen molar-refractivity contribution in [2.75, 3.05) is 50.4 Å². The first-order valence-corrected chi connectivity index (χ1v) is 6.27. The predicted octanol–water partition coefficient (Wildman–Crippen LogP) is 1.25. The number of hydrogen-bond acceptors (Lipinski definition) is 4. The lowest BCUT2D eigenvalue weighted by molar-refractivity contribution is 0.123. The molecule has 1 aromatic rings. The van der Waals surface area contributed by atoms with Crippen LogP contribution in [0.2, 0.25) is 0 Å². The van der Waals surface area contributed by atoms with Gasteiger partial charge in [-0.2, -0.15) is 0 Å². The molecule has 104 valence electrons. The molecular weight excluding hydrogens is 246 g/mol. The van der Waals surface area contributed by atoms with Crippen molar-refractivity contribution in [2.24, 2.45) is 0 Å². The average Bonchev–Trinajstić information content (AvgIpc) is 2.46. The quantitative estimate of drug-likeness (QED) is 0.804. The summed E-state index contributed by atoms with van der Waals surface area (Å²) in [5, 5.41) is 5.43. The molecule has 1 fully saturated rings. The first kappa shape index (κ1) is 13.6. The number of rotatable bonds is 4. The van der Waals surface area contributed by atoms with Gasteiger partial charge in [0, 0.05) is 20.2 Å². The van der Waals surface area contributed by atoms with Crippen LogP contribution in [0.3, 0.4) is 0 Å². The smallest absolute Gasteiger partial charge is 0.321 e. The van der Waals surface area contributed by atoms with E-state index < -0.39 is 0 Å². The van der Waals surface area contributed by atoms with Gasteiger partial charge >= 0.3 is 6.03 Å². The first-order chi connectivity index (χ1) is 9.31. The normalized spacial score (nSPS) is 15.1. The summed E-state index contributed by atoms with van der Waals surface area (Å²) in [6, 6.07) is 7.47. The van der Waals surface area contributed by atoms with Gasteiger partial charge in [0.05, 0.1) is 24.6 Å². The lowest BCUT2D eigenvalue weighted by Crippen LogP contribution is -2.37. The van der Waals surface area contributed by atoms with Crippen LogP contribution in [-0.4, -0.2) is 46.2 Å². The number of nitrogens with zero attached hydrogens (tertiary/aromatic N) is 1. The Hall–Kier alpha value is -1.79. The van der Waals surface area contributed by atoms with E-state index in [2.05, 4.69) is 15.5 Å². The van der Waals surface area contributed by atoms with Crippen molar-refractivity contribution in [3.05, 3.63) is 24.3 Å². The molecule has 2 amide bonds. The molecule has 1 saturated heterocycles. The minimum absolute atomic E-state index is 0.186. The molecule has 1 aliphatic heterocycles. The Morgan fingerprint density at radius 1 is 1.37 bits per heavy atom. The number of anilines is 2. The highest BCUT2D eigenvalue weighted by atomic mass is 16.5. The second-order valence-corrected chi connectivity index (χ2v) is 4.18. The van der Waals surface area contributed by atoms with Crippen molar-refractivity contribution in [1.29, 1.82) is 0 Å². The van der Waals surface area contributed by atoms with E-state index in [9.17, 15) is 4.79 Å². The Labute approximate surface area is 112 Å². The Balaban J connectivity index is 2.05. The third-order valence-electron chi connectivity index (χ3n) is 2.88. The van der Waals surface area contributed by atoms with E-state index in [0.29, 0.717) is 13.2 Å². The van der Waals surface area contributed by atoms with Gasteiger partial charge in [-0.05, 0) is 12.1 Å². The molecule has 0 bridgehead atoms. The van der Waals surface area contributed by atoms with Gasteiger partial charge in [0.25, 0.3) is 0 Å². The molecule has 2 rings (SSSR count). The second-order valence-electron chi connectivity index (χ2n) is 4.18. The summed E-state index contributed by atoms with van der Waals surface area (Å²) in [4.78, 5) is 13.9. The second kappa shape index (κ2) is 6.96. The maximum Gasteiger partial charge on any atom is 0.321 e. The number of carbonyl (C=O) groups is 1. The summed E-state index contributed by atoms with van der Waals surface area (Å²) in [5.74, 6) is 0. The average molecular weight is 265 g/mol. The molecule has 1 heterocycles. The number of ether oxygens (including phenoxy) is 2. The van der Waals surface area contributed by atoms with E-state index >= 15 is 0 Å². The van der Waals surface area contributed by atoms with Gasteiger partial charge in [0.2, 0.25) is 0 Å². The van der Waals surface area contributed by atoms with Crippen molar-refractivity contribution in [1.82, 2.24) is 5.32 Å². The molecule has 2 N–H and O–H groups in total. The molecular formula is C13H19N3O3. The number of hydrogen-bond donors (Lipinski definition) is 2. The number of para-hydroxylation sites is 2. The molecule has 6 heteroatoms. The topological polar surface area (TPSA) is 62.8 Å². The molecule has 0 atom stereocenters. The SMILES string of the molecule is COCNC(=O)Nc1ccccc1N1CCOCC1. The highest BCUT2D eigenvalue weighted by molar-refractivity contribution is 5.93. The lowest BCUT2D eigenvalue weighted by atomic mass is 10.2. The summed E-state index contributed by atoms with van der Waals surface area (Å²) in [6.45, 7) is 3.27. The Morgan fingerprint density at radius 2 is 2.11 bits per heavy atom. The Bertz CT molecular complexity index is 419. The summed E-state index contributed by atoms with van der Waals surface area (Å²) in [5.41, 5.74) is 1.80. The maximum absolute atomic E-state index is 11.7. The molecule has 19 heavy (non-hydrogen) atoms. The van der Waals surface area contributed by atoms with Crippen LogP contribution >= 0.6 is 0 Å². The highest BCUT2D eigenvalue weighted by Crippen LogP contribution is 2.26. The van der Waals surface area contributed by atoms with Crippen LogP contribution in [0.25, 0.3) is 0 Å². The molecule has 0 aliphatic carbocycles. The third-order valence-corrected chi connectivity index (χ3v) is 2.88. The van der Waals surface area contributed by atoms with Crippen LogP contribution in [0.1, 0.15) is 0 Å². The van der Waals surface area contributed by atoms with Gasteiger partial charge in [0.1, 0.15) is 6.73 Å². The minimum atomic E-state index is -0.275. The fraction of sp³-hybridized carbons (Fsp3) is 0.462. The summed E-state index contributed by atoms with van der Waals surface area (Å²) in [7, 11) is 1.53. The van der Waals surface area contributed by atoms with Gasteiger partial charge < -0.3 is 25.0 Å². The number of amides is 2. The van der Waals surface area contributed by atoms with Gasteiger partial charge in [0.15, 0.2) is 0 Å². The molecule has 0 saturated carbocycles. The maximum atomic E-state index is 11.7. The number of urea groups is 1. The van der Waals surface area contributed by atoms with Crippen molar-refractivity contribution in [3.63, 3.8) is 0 Å². The molecule has 1 aromatic carbocycles. The molecule has 1 aliphatic rings. The summed E-state index contributed by atoms with van der Waals surface area (Å²) >= 11 is 0. The van der Waals surface area contributed by atoms with Crippen LogP contribution in [0.4, 0.5) is 16.2 Å². The number of methoxy groups -OCH3 is 1. The fourth-order valence-electron chi connectivity index (χ4n) is 1.96. The van der Waals surface area contributed by atoms with Crippen LogP contribution in [0.5, 0.6) is 0 Å². The standard InChI is InChI=1S/C13H19N3O3/c1-18-10-14-13(17)15-11-4-2-3-5-12(11)16-6-8-19-9-7-16/h2-5H,6-10H2,1H3,(H2,14,15,17). The van der Waals surface area contributed by atoms with Gasteiger partial charge in [-0.3, -0.25) is 0 Å². The number of nitrogens with one attached hydrogen (secondary N) is 2. The third kappa shape index (κ3) is 3.84. The van der Waals surface area contributed by atoms with E-state index in [1.165, 1.54) is 7.11 Å². The monoisotopic (exact) mass is 265 g/mol. The van der Waals surface area contributed by atoms with Crippen molar-refractivity contribution in [3.8, 4) is 0 Å². The van der Waals surface area contributed by atoms with Crippen LogP contribution in [-0.2, 0) is 9.47 Å². The van der Waals surface area contributed by atoms with E-state index in [1.807, 2.05) is 24.3 Å². The highest BCUT2D eigenvalue weighted by Gasteiger charge is 2.15. The van der Waals surface area contributed by atoms with Gasteiger partial charge in [-0.25, -0.2) is 4.79 Å². The number of morpholine rings is 1. The summed E-state index contributed by atoms with van der Waals surface area (Å²) < 4.78 is 10.1. The lowest BCUT2D eigenvalue weighted by Gasteiger charge is -2.30. The largest absolute Gasteiger partial charge is 0.378 e. The summed E-state index contributed by atoms with van der Waals surface area (Å²) in [6.07, 6.45) is 0. The fourth-order valence-corrected chi connectivity index (χ4v) is 1.96.